The molecular weight excluding hydrogens is 554 g/mol. The van der Waals surface area contributed by atoms with Crippen LogP contribution in [0.25, 0.3) is 0 Å². The molecule has 260 valence electrons. The Balaban J connectivity index is 0.971. The zero-order chi connectivity index (χ0) is 31.7. The maximum absolute atomic E-state index is 9.89. The van der Waals surface area contributed by atoms with Crippen LogP contribution in [0, 0.1) is 0 Å². The second-order valence-electron chi connectivity index (χ2n) is 15.6. The van der Waals surface area contributed by atoms with Gasteiger partial charge in [0.2, 0.25) is 0 Å². The van der Waals surface area contributed by atoms with Crippen LogP contribution in [0.3, 0.4) is 0 Å². The summed E-state index contributed by atoms with van der Waals surface area (Å²) in [5.74, 6) is 0. The van der Waals surface area contributed by atoms with Gasteiger partial charge < -0.3 is 25.7 Å². The molecule has 0 unspecified atom stereocenters. The van der Waals surface area contributed by atoms with Crippen LogP contribution >= 0.6 is 0 Å². The van der Waals surface area contributed by atoms with E-state index in [1.165, 1.54) is 154 Å². The lowest BCUT2D eigenvalue weighted by Crippen LogP contribution is -2.48. The summed E-state index contributed by atoms with van der Waals surface area (Å²) in [5, 5.41) is 27.0. The van der Waals surface area contributed by atoms with Crippen molar-refractivity contribution in [3.05, 3.63) is 22.9 Å². The molecule has 5 heteroatoms. The van der Waals surface area contributed by atoms with Gasteiger partial charge in [-0.05, 0) is 96.5 Å². The highest BCUT2D eigenvalue weighted by Gasteiger charge is 2.26. The topological polar surface area (TPSA) is 67.8 Å². The Morgan fingerprint density at radius 1 is 0.622 bits per heavy atom. The Morgan fingerprint density at radius 3 is 1.60 bits per heavy atom. The molecule has 0 radical (unpaired) electrons. The Bertz CT molecular complexity index is 872. The molecule has 0 amide bonds. The van der Waals surface area contributed by atoms with Crippen molar-refractivity contribution < 1.29 is 10.2 Å². The molecule has 0 saturated carbocycles. The summed E-state index contributed by atoms with van der Waals surface area (Å²) >= 11 is 0. The Morgan fingerprint density at radius 2 is 1.09 bits per heavy atom. The molecule has 0 aromatic rings. The lowest BCUT2D eigenvalue weighted by Gasteiger charge is -2.32. The molecule has 6 atom stereocenters. The van der Waals surface area contributed by atoms with E-state index < -0.39 is 0 Å². The third kappa shape index (κ3) is 13.6. The van der Waals surface area contributed by atoms with Gasteiger partial charge in [0, 0.05) is 43.0 Å². The number of fused-ring (bicyclic) bond motifs is 1. The summed E-state index contributed by atoms with van der Waals surface area (Å²) in [6.45, 7) is 6.74. The fourth-order valence-electron chi connectivity index (χ4n) is 8.66. The van der Waals surface area contributed by atoms with Crippen LogP contribution < -0.4 is 10.6 Å². The van der Waals surface area contributed by atoms with Gasteiger partial charge in [-0.3, -0.25) is 0 Å². The summed E-state index contributed by atoms with van der Waals surface area (Å²) < 4.78 is 0. The number of aliphatic hydroxyl groups is 2. The standard InChI is InChI=1S/C40H73N3O2/c1-32-39(44)27-25-36(41-32)22-17-13-9-5-3-7-11-15-20-34-30-35(38-24-19-29-43(38)31-34)21-16-12-8-4-6-10-14-18-23-37-26-28-40(45)33(2)42-37/h30,32-33,36-37,39-42,44-45H,3-29,31H2,1-2H3/t32-,33+,36+,37-,39-,40-/m1/s1. The predicted molar refractivity (Wildman–Crippen MR) is 192 cm³/mol. The van der Waals surface area contributed by atoms with E-state index in [0.717, 1.165) is 25.7 Å². The third-order valence-electron chi connectivity index (χ3n) is 11.7. The van der Waals surface area contributed by atoms with Gasteiger partial charge >= 0.3 is 0 Å². The number of rotatable bonds is 22. The third-order valence-corrected chi connectivity index (χ3v) is 11.7. The summed E-state index contributed by atoms with van der Waals surface area (Å²) in [7, 11) is 0. The van der Waals surface area contributed by atoms with Crippen molar-refractivity contribution in [1.82, 2.24) is 15.5 Å². The molecule has 0 aliphatic carbocycles. The van der Waals surface area contributed by atoms with Crippen LogP contribution in [-0.2, 0) is 0 Å². The maximum atomic E-state index is 9.89. The fraction of sp³-hybridized carbons (Fsp3) is 0.900. The van der Waals surface area contributed by atoms with E-state index in [9.17, 15) is 10.2 Å². The fourth-order valence-corrected chi connectivity index (χ4v) is 8.66. The first kappa shape index (κ1) is 36.9. The molecule has 5 nitrogen and oxygen atoms in total. The summed E-state index contributed by atoms with van der Waals surface area (Å²) in [6.07, 6.45) is 36.7. The average Bonchev–Trinajstić information content (AvgIpc) is 3.51. The van der Waals surface area contributed by atoms with E-state index >= 15 is 0 Å². The zero-order valence-corrected chi connectivity index (χ0v) is 29.7. The number of nitrogens with one attached hydrogen (secondary N) is 2. The van der Waals surface area contributed by atoms with Crippen LogP contribution in [0.5, 0.6) is 0 Å². The van der Waals surface area contributed by atoms with Crippen molar-refractivity contribution in [2.45, 2.75) is 217 Å². The molecule has 0 spiro atoms. The van der Waals surface area contributed by atoms with Crippen LogP contribution in [-0.4, -0.2) is 64.6 Å². The van der Waals surface area contributed by atoms with Gasteiger partial charge in [0.15, 0.2) is 0 Å². The smallest absolute Gasteiger partial charge is 0.0691 e. The van der Waals surface area contributed by atoms with E-state index in [0.29, 0.717) is 12.1 Å². The Hall–Kier alpha value is -0.880. The van der Waals surface area contributed by atoms with Crippen LogP contribution in [0.4, 0.5) is 0 Å². The van der Waals surface area contributed by atoms with Crippen molar-refractivity contribution in [3.63, 3.8) is 0 Å². The Labute approximate surface area is 278 Å². The number of hydrogen-bond donors (Lipinski definition) is 4. The molecule has 4 heterocycles. The van der Waals surface area contributed by atoms with E-state index in [2.05, 4.69) is 35.5 Å². The van der Waals surface area contributed by atoms with Gasteiger partial charge in [-0.2, -0.15) is 0 Å². The van der Waals surface area contributed by atoms with Crippen molar-refractivity contribution in [3.8, 4) is 0 Å². The van der Waals surface area contributed by atoms with Gasteiger partial charge in [-0.15, -0.1) is 0 Å². The summed E-state index contributed by atoms with van der Waals surface area (Å²) in [5.41, 5.74) is 5.10. The molecule has 4 aliphatic heterocycles. The van der Waals surface area contributed by atoms with Crippen molar-refractivity contribution in [1.29, 1.82) is 0 Å². The summed E-state index contributed by atoms with van der Waals surface area (Å²) in [6, 6.07) is 1.80. The SMILES string of the molecule is C[C@@H]1N[C@H](CCCCCCCCCCC2=C3CCCN3CC(CCCCCCCCCC[C@H]3CC[C@@H](O)[C@@H](C)N3)=C2)CC[C@H]1O. The number of unbranched alkanes of at least 4 members (excludes halogenated alkanes) is 14. The van der Waals surface area contributed by atoms with Gasteiger partial charge in [-0.1, -0.05) is 102 Å². The van der Waals surface area contributed by atoms with E-state index in [1.54, 1.807) is 16.8 Å². The molecule has 0 aromatic heterocycles. The number of nitrogens with zero attached hydrogens (tertiary/aromatic N) is 1. The monoisotopic (exact) mass is 628 g/mol. The minimum atomic E-state index is -0.144. The van der Waals surface area contributed by atoms with E-state index in [-0.39, 0.29) is 24.3 Å². The van der Waals surface area contributed by atoms with Gasteiger partial charge in [0.1, 0.15) is 0 Å². The first-order chi connectivity index (χ1) is 22.0. The highest BCUT2D eigenvalue weighted by molar-refractivity contribution is 5.35. The average molecular weight is 628 g/mol. The van der Waals surface area contributed by atoms with Crippen molar-refractivity contribution in [2.24, 2.45) is 0 Å². The largest absolute Gasteiger partial charge is 0.392 e. The molecule has 3 saturated heterocycles. The molecule has 0 bridgehead atoms. The predicted octanol–water partition coefficient (Wildman–Crippen LogP) is 9.08. The molecule has 0 aromatic carbocycles. The molecule has 3 fully saturated rings. The quantitative estimate of drug-likeness (QED) is 0.0902. The highest BCUT2D eigenvalue weighted by Crippen LogP contribution is 2.34. The molecule has 4 rings (SSSR count). The van der Waals surface area contributed by atoms with Gasteiger partial charge in [0.05, 0.1) is 12.2 Å². The molecule has 45 heavy (non-hydrogen) atoms. The van der Waals surface area contributed by atoms with Crippen molar-refractivity contribution >= 4 is 0 Å². The van der Waals surface area contributed by atoms with Gasteiger partial charge in [-0.25, -0.2) is 0 Å². The van der Waals surface area contributed by atoms with Crippen molar-refractivity contribution in [2.75, 3.05) is 13.1 Å². The minimum absolute atomic E-state index is 0.144. The second kappa shape index (κ2) is 21.2. The number of allylic oxidation sites excluding steroid dienone is 3. The maximum Gasteiger partial charge on any atom is 0.0691 e. The van der Waals surface area contributed by atoms with E-state index in [4.69, 9.17) is 0 Å². The number of aliphatic hydroxyl groups excluding tert-OH is 2. The lowest BCUT2D eigenvalue weighted by atomic mass is 9.93. The normalized spacial score (nSPS) is 28.9. The van der Waals surface area contributed by atoms with E-state index in [1.807, 2.05) is 0 Å². The molecule has 4 N–H and O–H groups in total. The zero-order valence-electron chi connectivity index (χ0n) is 29.7. The van der Waals surface area contributed by atoms with Crippen LogP contribution in [0.2, 0.25) is 0 Å². The lowest BCUT2D eigenvalue weighted by molar-refractivity contribution is 0.0848. The molecule has 4 aliphatic rings. The Kier molecular flexibility index (Phi) is 17.4. The number of hydrogen-bond acceptors (Lipinski definition) is 5. The molecular formula is C40H73N3O2. The first-order valence-electron chi connectivity index (χ1n) is 20.0. The number of piperidine rings is 2. The van der Waals surface area contributed by atoms with Crippen LogP contribution in [0.1, 0.15) is 181 Å². The minimum Gasteiger partial charge on any atom is -0.392 e. The summed E-state index contributed by atoms with van der Waals surface area (Å²) in [4.78, 5) is 2.72. The second-order valence-corrected chi connectivity index (χ2v) is 15.6. The first-order valence-corrected chi connectivity index (χ1v) is 20.0. The van der Waals surface area contributed by atoms with Crippen LogP contribution in [0.15, 0.2) is 22.9 Å². The van der Waals surface area contributed by atoms with Gasteiger partial charge in [0.25, 0.3) is 0 Å². The highest BCUT2D eigenvalue weighted by atomic mass is 16.3.